The zero-order valence-corrected chi connectivity index (χ0v) is 26.9. The summed E-state index contributed by atoms with van der Waals surface area (Å²) < 4.78 is -17.9. The molecule has 31 heavy (non-hydrogen) atoms. The van der Waals surface area contributed by atoms with Crippen LogP contribution in [-0.2, 0) is 0 Å². The van der Waals surface area contributed by atoms with Gasteiger partial charge in [-0.05, 0) is 0 Å². The molecule has 2 saturated carbocycles. The summed E-state index contributed by atoms with van der Waals surface area (Å²) in [6.07, 6.45) is -1.13. The van der Waals surface area contributed by atoms with E-state index in [1.807, 2.05) is 0 Å². The minimum Gasteiger partial charge on any atom is -0.308 e. The summed E-state index contributed by atoms with van der Waals surface area (Å²) in [4.78, 5) is -4.93. The van der Waals surface area contributed by atoms with Crippen molar-refractivity contribution in [1.82, 2.24) is 0 Å². The van der Waals surface area contributed by atoms with Gasteiger partial charge >= 0.3 is 0 Å². The number of hydrogen-bond donors (Lipinski definition) is 2. The molecule has 0 aromatic heterocycles. The molecule has 19 heteroatoms. The van der Waals surface area contributed by atoms with E-state index in [1.165, 1.54) is 0 Å². The summed E-state index contributed by atoms with van der Waals surface area (Å²) in [6.45, 7) is 0. The Kier molecular flexibility index (Phi) is 9.02. The Balaban J connectivity index is 2.70. The van der Waals surface area contributed by atoms with Gasteiger partial charge in [0, 0.05) is 12.8 Å². The maximum atomic E-state index is 6.78. The molecular weight excluding hydrogens is 771 g/mol. The molecule has 2 fully saturated rings. The minimum atomic E-state index is -2.46. The lowest BCUT2D eigenvalue weighted by atomic mass is 9.90. The molecule has 0 bridgehead atoms. The van der Waals surface area contributed by atoms with E-state index in [0.717, 1.165) is 0 Å². The summed E-state index contributed by atoms with van der Waals surface area (Å²) in [6, 6.07) is 0. The molecule has 4 atom stereocenters. The molecule has 4 N–H and O–H groups in total. The molecule has 0 heterocycles. The Bertz CT molecular complexity index is 704. The van der Waals surface area contributed by atoms with Crippen molar-refractivity contribution in [3.63, 3.8) is 0 Å². The first-order valence-electron chi connectivity index (χ1n) is 7.42. The number of hydrogen-bond acceptors (Lipinski definition) is 3. The van der Waals surface area contributed by atoms with Gasteiger partial charge < -0.3 is 11.5 Å². The van der Waals surface area contributed by atoms with Gasteiger partial charge in [0.2, 0.25) is 0 Å². The van der Waals surface area contributed by atoms with Gasteiger partial charge in [-0.15, -0.1) is 35.0 Å². The highest BCUT2D eigenvalue weighted by atomic mass is 35.6. The molecule has 2 aliphatic carbocycles. The average Bonchev–Trinajstić information content (AvgIpc) is 2.50. The second kappa shape index (κ2) is 8.70. The second-order valence-electron chi connectivity index (χ2n) is 7.04. The van der Waals surface area contributed by atoms with Crippen molar-refractivity contribution in [2.75, 3.05) is 0 Å². The summed E-state index contributed by atoms with van der Waals surface area (Å²) in [7, 11) is 0. The van der Waals surface area contributed by atoms with Gasteiger partial charge in [-0.1, -0.05) is 162 Å². The SMILES string of the molecule is NC1(Cl)C(Cl)(Cl)C(Cl)(Cl)CC(Cl)(SC2(Cl)CC(Cl)(Cl)C(Cl)(Cl)C(N)(Cl)C2(Cl)Cl)C1(Cl)Cl. The van der Waals surface area contributed by atoms with Gasteiger partial charge in [0.05, 0.1) is 0 Å². The van der Waals surface area contributed by atoms with E-state index in [0.29, 0.717) is 11.8 Å². The van der Waals surface area contributed by atoms with E-state index in [-0.39, 0.29) is 0 Å². The molecule has 0 spiro atoms. The molecule has 0 amide bonds. The van der Waals surface area contributed by atoms with Crippen LogP contribution in [0.15, 0.2) is 0 Å². The molecule has 4 unspecified atom stereocenters. The molecule has 0 aromatic carbocycles. The van der Waals surface area contributed by atoms with Crippen molar-refractivity contribution in [3.05, 3.63) is 0 Å². The zero-order chi connectivity index (χ0) is 25.1. The van der Waals surface area contributed by atoms with Crippen LogP contribution in [-0.4, -0.2) is 44.4 Å². The fraction of sp³-hybridized carbons (Fsp3) is 1.00. The van der Waals surface area contributed by atoms with Crippen LogP contribution in [0.25, 0.3) is 0 Å². The van der Waals surface area contributed by atoms with E-state index >= 15 is 0 Å². The number of rotatable bonds is 2. The van der Waals surface area contributed by atoms with E-state index in [9.17, 15) is 0 Å². The van der Waals surface area contributed by atoms with Crippen LogP contribution >= 0.6 is 197 Å². The quantitative estimate of drug-likeness (QED) is 0.217. The van der Waals surface area contributed by atoms with Crippen molar-refractivity contribution in [2.45, 2.75) is 57.3 Å². The third kappa shape index (κ3) is 4.20. The van der Waals surface area contributed by atoms with Crippen molar-refractivity contribution >= 4 is 197 Å². The Hall–Kier alpha value is 4.91. The Morgan fingerprint density at radius 3 is 0.871 bits per heavy atom. The molecule has 184 valence electrons. The van der Waals surface area contributed by atoms with E-state index in [4.69, 9.17) is 197 Å². The monoisotopic (exact) mass is 772 g/mol. The average molecular weight is 780 g/mol. The summed E-state index contributed by atoms with van der Waals surface area (Å²) >= 11 is 103. The first kappa shape index (κ1) is 32.1. The van der Waals surface area contributed by atoms with Crippen molar-refractivity contribution in [3.8, 4) is 0 Å². The Labute approximate surface area is 262 Å². The van der Waals surface area contributed by atoms with Crippen LogP contribution < -0.4 is 11.5 Å². The normalized spacial score (nSPS) is 47.0. The summed E-state index contributed by atoms with van der Waals surface area (Å²) in [5.41, 5.74) is 12.1. The lowest BCUT2D eigenvalue weighted by molar-refractivity contribution is 0.310. The maximum Gasteiger partial charge on any atom is 0.185 e. The molecule has 2 aliphatic rings. The predicted octanol–water partition coefficient (Wildman–Crippen LogP) is 9.23. The molecule has 0 saturated heterocycles. The topological polar surface area (TPSA) is 52.0 Å². The molecule has 0 aromatic rings. The number of halogens is 16. The predicted molar refractivity (Wildman–Crippen MR) is 146 cm³/mol. The first-order chi connectivity index (χ1) is 13.1. The van der Waals surface area contributed by atoms with Gasteiger partial charge in [0.1, 0.15) is 8.41 Å². The standard InChI is InChI=1S/C12H8Cl16N2S/c13-3(14)1-5(17,9(23,24)11(27,29)7(3,19)20)31-6(18)2-4(15,16)8(21,22)12(28,30)10(6,25)26/h1-2,29-30H2. The summed E-state index contributed by atoms with van der Waals surface area (Å²) in [5.74, 6) is 0. The highest BCUT2D eigenvalue weighted by Gasteiger charge is 2.83. The Morgan fingerprint density at radius 2 is 0.645 bits per heavy atom. The molecule has 2 rings (SSSR count). The van der Waals surface area contributed by atoms with Gasteiger partial charge in [0.15, 0.2) is 36.0 Å². The third-order valence-electron chi connectivity index (χ3n) is 4.91. The van der Waals surface area contributed by atoms with Crippen LogP contribution in [0, 0.1) is 0 Å². The van der Waals surface area contributed by atoms with Gasteiger partial charge in [-0.25, -0.2) is 0 Å². The van der Waals surface area contributed by atoms with Gasteiger partial charge in [-0.3, -0.25) is 0 Å². The number of alkyl halides is 16. The zero-order valence-electron chi connectivity index (χ0n) is 14.0. The number of nitrogens with two attached hydrogens (primary N) is 2. The van der Waals surface area contributed by atoms with E-state index in [1.54, 1.807) is 0 Å². The lowest BCUT2D eigenvalue weighted by Crippen LogP contribution is -2.79. The third-order valence-corrected chi connectivity index (χ3v) is 17.9. The first-order valence-corrected chi connectivity index (χ1v) is 14.3. The molecule has 2 nitrogen and oxygen atoms in total. The highest BCUT2D eigenvalue weighted by Crippen LogP contribution is 2.77. The molecule has 0 radical (unpaired) electrons. The largest absolute Gasteiger partial charge is 0.308 e. The fourth-order valence-electron chi connectivity index (χ4n) is 2.94. The van der Waals surface area contributed by atoms with E-state index in [2.05, 4.69) is 0 Å². The second-order valence-corrected chi connectivity index (χ2v) is 19.8. The maximum absolute atomic E-state index is 6.78. The van der Waals surface area contributed by atoms with E-state index < -0.39 is 57.3 Å². The fourth-order valence-corrected chi connectivity index (χ4v) is 11.8. The molecular formula is C12H8Cl16N2S. The van der Waals surface area contributed by atoms with Crippen LogP contribution in [0.2, 0.25) is 0 Å². The van der Waals surface area contributed by atoms with Crippen LogP contribution in [0.1, 0.15) is 12.8 Å². The number of thioether (sulfide) groups is 1. The van der Waals surface area contributed by atoms with Crippen LogP contribution in [0.4, 0.5) is 0 Å². The highest BCUT2D eigenvalue weighted by molar-refractivity contribution is 8.04. The van der Waals surface area contributed by atoms with Crippen molar-refractivity contribution in [2.24, 2.45) is 11.5 Å². The lowest BCUT2D eigenvalue weighted by Gasteiger charge is -2.63. The van der Waals surface area contributed by atoms with Crippen molar-refractivity contribution in [1.29, 1.82) is 0 Å². The Morgan fingerprint density at radius 1 is 0.419 bits per heavy atom. The van der Waals surface area contributed by atoms with Crippen molar-refractivity contribution < 1.29 is 0 Å². The minimum absolute atomic E-state index is 0.472. The summed E-state index contributed by atoms with van der Waals surface area (Å²) in [5, 5.41) is 0. The smallest absolute Gasteiger partial charge is 0.185 e. The van der Waals surface area contributed by atoms with Gasteiger partial charge in [0.25, 0.3) is 0 Å². The van der Waals surface area contributed by atoms with Crippen LogP contribution in [0.5, 0.6) is 0 Å². The van der Waals surface area contributed by atoms with Crippen LogP contribution in [0.3, 0.4) is 0 Å². The molecule has 0 aliphatic heterocycles. The van der Waals surface area contributed by atoms with Gasteiger partial charge in [-0.2, -0.15) is 0 Å².